The standard InChI is InChI=1S/C10H6F2O3S/c11-6-2-1-5(3-7(6)12)8(13)4-9(16)10(14)15/h1-3H,4H2,(H,14,15). The van der Waals surface area contributed by atoms with Gasteiger partial charge in [0.2, 0.25) is 0 Å². The molecular weight excluding hydrogens is 238 g/mol. The van der Waals surface area contributed by atoms with Crippen molar-refractivity contribution in [3.05, 3.63) is 35.4 Å². The van der Waals surface area contributed by atoms with Crippen molar-refractivity contribution < 1.29 is 23.5 Å². The molecule has 0 aromatic heterocycles. The molecule has 0 heterocycles. The summed E-state index contributed by atoms with van der Waals surface area (Å²) < 4.78 is 25.3. The van der Waals surface area contributed by atoms with Gasteiger partial charge in [0.05, 0.1) is 6.42 Å². The second-order valence-corrected chi connectivity index (χ2v) is 3.45. The molecule has 0 aliphatic heterocycles. The highest BCUT2D eigenvalue weighted by atomic mass is 32.1. The number of carbonyl (C=O) groups excluding carboxylic acids is 1. The Labute approximate surface area is 94.7 Å². The fourth-order valence-corrected chi connectivity index (χ4v) is 1.12. The van der Waals surface area contributed by atoms with Gasteiger partial charge in [-0.25, -0.2) is 13.6 Å². The third kappa shape index (κ3) is 2.90. The molecule has 0 aliphatic carbocycles. The summed E-state index contributed by atoms with van der Waals surface area (Å²) in [7, 11) is 0. The number of Topliss-reactive ketones (excluding diaryl/α,β-unsaturated/α-hetero) is 1. The van der Waals surface area contributed by atoms with Gasteiger partial charge in [0, 0.05) is 5.56 Å². The van der Waals surface area contributed by atoms with Crippen molar-refractivity contribution in [2.75, 3.05) is 0 Å². The first-order valence-electron chi connectivity index (χ1n) is 4.16. The van der Waals surface area contributed by atoms with Gasteiger partial charge in [-0.05, 0) is 18.2 Å². The Bertz CT molecular complexity index is 471. The van der Waals surface area contributed by atoms with Crippen molar-refractivity contribution in [1.29, 1.82) is 0 Å². The van der Waals surface area contributed by atoms with E-state index in [1.54, 1.807) is 0 Å². The van der Waals surface area contributed by atoms with E-state index in [2.05, 4.69) is 12.2 Å². The molecule has 0 saturated heterocycles. The third-order valence-electron chi connectivity index (χ3n) is 1.80. The van der Waals surface area contributed by atoms with Gasteiger partial charge in [0.15, 0.2) is 17.4 Å². The Morgan fingerprint density at radius 3 is 2.38 bits per heavy atom. The number of halogens is 2. The monoisotopic (exact) mass is 244 g/mol. The number of aliphatic carboxylic acids is 1. The highest BCUT2D eigenvalue weighted by Crippen LogP contribution is 2.11. The molecule has 0 bridgehead atoms. The van der Waals surface area contributed by atoms with Crippen LogP contribution in [0.3, 0.4) is 0 Å². The maximum Gasteiger partial charge on any atom is 0.342 e. The molecule has 84 valence electrons. The number of carboxylic acid groups (broad SMARTS) is 1. The van der Waals surface area contributed by atoms with Crippen LogP contribution >= 0.6 is 12.2 Å². The van der Waals surface area contributed by atoms with E-state index in [-0.39, 0.29) is 5.56 Å². The molecule has 1 N–H and O–H groups in total. The predicted octanol–water partition coefficient (Wildman–Crippen LogP) is 1.99. The topological polar surface area (TPSA) is 54.4 Å². The van der Waals surface area contributed by atoms with Gasteiger partial charge < -0.3 is 5.11 Å². The predicted molar refractivity (Wildman–Crippen MR) is 55.5 cm³/mol. The summed E-state index contributed by atoms with van der Waals surface area (Å²) >= 11 is 4.42. The van der Waals surface area contributed by atoms with Crippen molar-refractivity contribution in [3.8, 4) is 0 Å². The van der Waals surface area contributed by atoms with Gasteiger partial charge in [-0.2, -0.15) is 0 Å². The number of thiocarbonyl (C=S) groups is 1. The van der Waals surface area contributed by atoms with Crippen LogP contribution in [0.1, 0.15) is 16.8 Å². The lowest BCUT2D eigenvalue weighted by Gasteiger charge is -2.00. The minimum atomic E-state index is -1.37. The van der Waals surface area contributed by atoms with Crippen LogP contribution in [0, 0.1) is 11.6 Å². The van der Waals surface area contributed by atoms with Crippen molar-refractivity contribution in [1.82, 2.24) is 0 Å². The SMILES string of the molecule is O=C(O)C(=S)CC(=O)c1ccc(F)c(F)c1. The van der Waals surface area contributed by atoms with Crippen LogP contribution < -0.4 is 0 Å². The molecule has 0 unspecified atom stereocenters. The quantitative estimate of drug-likeness (QED) is 0.650. The molecule has 1 rings (SSSR count). The van der Waals surface area contributed by atoms with Crippen LogP contribution in [0.25, 0.3) is 0 Å². The summed E-state index contributed by atoms with van der Waals surface area (Å²) in [5, 5.41) is 8.45. The number of benzene rings is 1. The van der Waals surface area contributed by atoms with E-state index >= 15 is 0 Å². The van der Waals surface area contributed by atoms with Crippen LogP contribution in [0.2, 0.25) is 0 Å². The average Bonchev–Trinajstić information content (AvgIpc) is 2.21. The smallest absolute Gasteiger partial charge is 0.342 e. The largest absolute Gasteiger partial charge is 0.477 e. The van der Waals surface area contributed by atoms with Gasteiger partial charge in [-0.3, -0.25) is 4.79 Å². The number of hydrogen-bond acceptors (Lipinski definition) is 3. The summed E-state index contributed by atoms with van der Waals surface area (Å²) in [6.45, 7) is 0. The Morgan fingerprint density at radius 1 is 1.25 bits per heavy atom. The molecule has 0 amide bonds. The summed E-state index contributed by atoms with van der Waals surface area (Å²) in [6, 6.07) is 2.58. The van der Waals surface area contributed by atoms with E-state index in [0.29, 0.717) is 6.07 Å². The van der Waals surface area contributed by atoms with Crippen LogP contribution in [0.5, 0.6) is 0 Å². The Balaban J connectivity index is 2.85. The molecule has 0 fully saturated rings. The molecule has 0 saturated carbocycles. The molecule has 16 heavy (non-hydrogen) atoms. The molecule has 0 radical (unpaired) electrons. The lowest BCUT2D eigenvalue weighted by atomic mass is 10.1. The molecule has 0 atom stereocenters. The maximum absolute atomic E-state index is 12.8. The Morgan fingerprint density at radius 2 is 1.88 bits per heavy atom. The fourth-order valence-electron chi connectivity index (χ4n) is 0.993. The maximum atomic E-state index is 12.8. The van der Waals surface area contributed by atoms with E-state index in [1.807, 2.05) is 0 Å². The molecule has 0 aliphatic rings. The van der Waals surface area contributed by atoms with Crippen LogP contribution in [-0.4, -0.2) is 21.7 Å². The third-order valence-corrected chi connectivity index (χ3v) is 2.12. The van der Waals surface area contributed by atoms with Gasteiger partial charge in [-0.15, -0.1) is 0 Å². The molecule has 0 spiro atoms. The van der Waals surface area contributed by atoms with Gasteiger partial charge in [0.1, 0.15) is 4.86 Å². The van der Waals surface area contributed by atoms with Crippen molar-refractivity contribution in [2.45, 2.75) is 6.42 Å². The Hall–Kier alpha value is -1.69. The minimum absolute atomic E-state index is 0.109. The summed E-state index contributed by atoms with van der Waals surface area (Å²) in [4.78, 5) is 21.3. The first-order valence-corrected chi connectivity index (χ1v) is 4.57. The fraction of sp³-hybridized carbons (Fsp3) is 0.100. The zero-order chi connectivity index (χ0) is 12.3. The minimum Gasteiger partial charge on any atom is -0.477 e. The van der Waals surface area contributed by atoms with Gasteiger partial charge in [0.25, 0.3) is 0 Å². The van der Waals surface area contributed by atoms with E-state index in [4.69, 9.17) is 5.11 Å². The zero-order valence-corrected chi connectivity index (χ0v) is 8.68. The number of hydrogen-bond donors (Lipinski definition) is 1. The van der Waals surface area contributed by atoms with Crippen molar-refractivity contribution in [3.63, 3.8) is 0 Å². The number of carbonyl (C=O) groups is 2. The van der Waals surface area contributed by atoms with Crippen LogP contribution in [0.15, 0.2) is 18.2 Å². The number of rotatable bonds is 4. The lowest BCUT2D eigenvalue weighted by molar-refractivity contribution is -0.129. The zero-order valence-electron chi connectivity index (χ0n) is 7.87. The van der Waals surface area contributed by atoms with Crippen LogP contribution in [-0.2, 0) is 4.79 Å². The molecule has 3 nitrogen and oxygen atoms in total. The average molecular weight is 244 g/mol. The second kappa shape index (κ2) is 4.89. The van der Waals surface area contributed by atoms with Gasteiger partial charge in [-0.1, -0.05) is 12.2 Å². The summed E-state index contributed by atoms with van der Waals surface area (Å²) in [5.41, 5.74) is -0.109. The Kier molecular flexibility index (Phi) is 3.78. The highest BCUT2D eigenvalue weighted by Gasteiger charge is 2.15. The van der Waals surface area contributed by atoms with E-state index in [1.165, 1.54) is 0 Å². The molecule has 1 aromatic carbocycles. The van der Waals surface area contributed by atoms with Crippen molar-refractivity contribution >= 4 is 28.8 Å². The summed E-state index contributed by atoms with van der Waals surface area (Å²) in [5.74, 6) is -4.26. The highest BCUT2D eigenvalue weighted by molar-refractivity contribution is 7.82. The normalized spacial score (nSPS) is 9.88. The lowest BCUT2D eigenvalue weighted by Crippen LogP contribution is -2.15. The van der Waals surface area contributed by atoms with E-state index in [0.717, 1.165) is 12.1 Å². The molecular formula is C10H6F2O3S. The van der Waals surface area contributed by atoms with E-state index < -0.39 is 34.7 Å². The molecule has 1 aromatic rings. The van der Waals surface area contributed by atoms with Crippen LogP contribution in [0.4, 0.5) is 8.78 Å². The van der Waals surface area contributed by atoms with Gasteiger partial charge >= 0.3 is 5.97 Å². The first kappa shape index (κ1) is 12.4. The van der Waals surface area contributed by atoms with Crippen molar-refractivity contribution in [2.24, 2.45) is 0 Å². The number of ketones is 1. The number of carboxylic acids is 1. The molecule has 6 heteroatoms. The second-order valence-electron chi connectivity index (χ2n) is 2.96. The summed E-state index contributed by atoms with van der Waals surface area (Å²) in [6.07, 6.45) is -0.504. The first-order chi connectivity index (χ1) is 7.41. The van der Waals surface area contributed by atoms with E-state index in [9.17, 15) is 18.4 Å².